The normalized spacial score (nSPS) is 10.6. The van der Waals surface area contributed by atoms with E-state index in [9.17, 15) is 9.59 Å². The molecule has 0 radical (unpaired) electrons. The van der Waals surface area contributed by atoms with Crippen LogP contribution >= 0.6 is 0 Å². The first-order chi connectivity index (χ1) is 10.1. The van der Waals surface area contributed by atoms with Gasteiger partial charge in [0, 0.05) is 19.0 Å². The summed E-state index contributed by atoms with van der Waals surface area (Å²) in [6.07, 6.45) is 1.33. The molecule has 0 aliphatic carbocycles. The lowest BCUT2D eigenvalue weighted by Crippen LogP contribution is -2.09. The summed E-state index contributed by atoms with van der Waals surface area (Å²) in [5.41, 5.74) is 1.09. The van der Waals surface area contributed by atoms with E-state index >= 15 is 0 Å². The van der Waals surface area contributed by atoms with E-state index in [0.717, 1.165) is 0 Å². The van der Waals surface area contributed by atoms with Gasteiger partial charge in [0.2, 0.25) is 0 Å². The zero-order valence-electron chi connectivity index (χ0n) is 11.9. The van der Waals surface area contributed by atoms with Crippen molar-refractivity contribution < 1.29 is 19.1 Å². The van der Waals surface area contributed by atoms with Crippen LogP contribution in [0, 0.1) is 11.3 Å². The molecular weight excluding hydrogens is 272 g/mol. The largest absolute Gasteiger partial charge is 0.460 e. The molecule has 0 aliphatic rings. The molecule has 0 fully saturated rings. The number of rotatable bonds is 7. The second-order valence-electron chi connectivity index (χ2n) is 4.08. The van der Waals surface area contributed by atoms with Gasteiger partial charge in [-0.2, -0.15) is 5.26 Å². The van der Waals surface area contributed by atoms with Gasteiger partial charge < -0.3 is 14.8 Å². The van der Waals surface area contributed by atoms with E-state index in [1.165, 1.54) is 20.2 Å². The third-order valence-corrected chi connectivity index (χ3v) is 2.52. The van der Waals surface area contributed by atoms with Crippen LogP contribution in [0.3, 0.4) is 0 Å². The number of carbonyl (C=O) groups excluding carboxylic acids is 2. The molecule has 1 aromatic rings. The number of allylic oxidation sites excluding steroid dienone is 1. The quantitative estimate of drug-likeness (QED) is 0.357. The second-order valence-corrected chi connectivity index (χ2v) is 4.08. The van der Waals surface area contributed by atoms with E-state index in [0.29, 0.717) is 17.9 Å². The van der Waals surface area contributed by atoms with Gasteiger partial charge in [-0.3, -0.25) is 4.79 Å². The lowest BCUT2D eigenvalue weighted by molar-refractivity contribution is -0.113. The highest BCUT2D eigenvalue weighted by Gasteiger charge is 2.06. The number of ether oxygens (including phenoxy) is 2. The smallest absolute Gasteiger partial charge is 0.338 e. The summed E-state index contributed by atoms with van der Waals surface area (Å²) >= 11 is 0. The number of ketones is 1. The van der Waals surface area contributed by atoms with Crippen LogP contribution in [0.25, 0.3) is 0 Å². The van der Waals surface area contributed by atoms with Crippen molar-refractivity contribution in [3.8, 4) is 6.07 Å². The van der Waals surface area contributed by atoms with Crippen LogP contribution in [0.2, 0.25) is 0 Å². The molecule has 1 N–H and O–H groups in total. The molecule has 21 heavy (non-hydrogen) atoms. The molecule has 0 spiro atoms. The fourth-order valence-corrected chi connectivity index (χ4v) is 1.37. The standard InChI is InChI=1S/C15H16N2O4/c1-11(18)13(9-16)10-17-14-5-3-12(4-6-14)15(19)21-8-7-20-2/h3-6,10,17H,7-8H2,1-2H3. The van der Waals surface area contributed by atoms with Gasteiger partial charge >= 0.3 is 5.97 Å². The molecule has 0 aromatic heterocycles. The summed E-state index contributed by atoms with van der Waals surface area (Å²) in [6.45, 7) is 1.86. The number of nitriles is 1. The van der Waals surface area contributed by atoms with Gasteiger partial charge in [-0.1, -0.05) is 0 Å². The Morgan fingerprint density at radius 3 is 2.48 bits per heavy atom. The maximum Gasteiger partial charge on any atom is 0.338 e. The van der Waals surface area contributed by atoms with Crippen molar-refractivity contribution in [2.45, 2.75) is 6.92 Å². The molecule has 110 valence electrons. The summed E-state index contributed by atoms with van der Waals surface area (Å²) < 4.78 is 9.76. The van der Waals surface area contributed by atoms with Crippen molar-refractivity contribution in [1.82, 2.24) is 0 Å². The predicted molar refractivity (Wildman–Crippen MR) is 76.6 cm³/mol. The number of nitrogens with zero attached hydrogens (tertiary/aromatic N) is 1. The van der Waals surface area contributed by atoms with Crippen LogP contribution in [-0.2, 0) is 14.3 Å². The molecule has 0 aliphatic heterocycles. The van der Waals surface area contributed by atoms with Gasteiger partial charge in [0.25, 0.3) is 0 Å². The molecule has 0 atom stereocenters. The maximum absolute atomic E-state index is 11.6. The Bertz CT molecular complexity index is 570. The van der Waals surface area contributed by atoms with Gasteiger partial charge in [-0.15, -0.1) is 0 Å². The maximum atomic E-state index is 11.6. The fraction of sp³-hybridized carbons (Fsp3) is 0.267. The van der Waals surface area contributed by atoms with Gasteiger partial charge in [0.15, 0.2) is 5.78 Å². The van der Waals surface area contributed by atoms with Crippen LogP contribution in [0.15, 0.2) is 36.0 Å². The molecule has 0 amide bonds. The van der Waals surface area contributed by atoms with Crippen LogP contribution < -0.4 is 5.32 Å². The lowest BCUT2D eigenvalue weighted by atomic mass is 10.2. The molecule has 0 bridgehead atoms. The molecule has 1 rings (SSSR count). The average molecular weight is 288 g/mol. The number of Topliss-reactive ketones (excluding diaryl/α,β-unsaturated/α-hetero) is 1. The van der Waals surface area contributed by atoms with Gasteiger partial charge in [-0.05, 0) is 31.2 Å². The molecular formula is C15H16N2O4. The summed E-state index contributed by atoms with van der Waals surface area (Å²) in [5.74, 6) is -0.751. The molecule has 0 unspecified atom stereocenters. The van der Waals surface area contributed by atoms with Gasteiger partial charge in [-0.25, -0.2) is 4.79 Å². The molecule has 1 aromatic carbocycles. The van der Waals surface area contributed by atoms with Crippen LogP contribution in [-0.4, -0.2) is 32.1 Å². The van der Waals surface area contributed by atoms with E-state index in [1.807, 2.05) is 0 Å². The van der Waals surface area contributed by atoms with Crippen molar-refractivity contribution in [2.75, 3.05) is 25.6 Å². The fourth-order valence-electron chi connectivity index (χ4n) is 1.37. The van der Waals surface area contributed by atoms with E-state index in [4.69, 9.17) is 14.7 Å². The zero-order valence-corrected chi connectivity index (χ0v) is 11.9. The number of benzene rings is 1. The van der Waals surface area contributed by atoms with Crippen molar-refractivity contribution in [2.24, 2.45) is 0 Å². The van der Waals surface area contributed by atoms with Crippen molar-refractivity contribution in [3.05, 3.63) is 41.6 Å². The number of carbonyl (C=O) groups is 2. The van der Waals surface area contributed by atoms with E-state index in [1.54, 1.807) is 30.3 Å². The summed E-state index contributed by atoms with van der Waals surface area (Å²) in [7, 11) is 1.53. The van der Waals surface area contributed by atoms with Gasteiger partial charge in [0.1, 0.15) is 18.2 Å². The number of nitrogens with one attached hydrogen (secondary N) is 1. The van der Waals surface area contributed by atoms with Crippen molar-refractivity contribution >= 4 is 17.4 Å². The third kappa shape index (κ3) is 5.47. The topological polar surface area (TPSA) is 88.4 Å². The zero-order chi connectivity index (χ0) is 15.7. The van der Waals surface area contributed by atoms with E-state index in [2.05, 4.69) is 5.32 Å². The summed E-state index contributed by atoms with van der Waals surface area (Å²) in [6, 6.07) is 8.27. The van der Waals surface area contributed by atoms with Crippen LogP contribution in [0.1, 0.15) is 17.3 Å². The number of esters is 1. The first kappa shape index (κ1) is 16.4. The predicted octanol–water partition coefficient (Wildman–Crippen LogP) is 1.90. The highest BCUT2D eigenvalue weighted by Crippen LogP contribution is 2.11. The minimum Gasteiger partial charge on any atom is -0.460 e. The Kier molecular flexibility index (Phi) is 6.65. The molecule has 6 nitrogen and oxygen atoms in total. The molecule has 0 heterocycles. The Morgan fingerprint density at radius 2 is 1.95 bits per heavy atom. The molecule has 6 heteroatoms. The minimum atomic E-state index is -0.435. The van der Waals surface area contributed by atoms with Crippen LogP contribution in [0.5, 0.6) is 0 Å². The Hall–Kier alpha value is -2.65. The van der Waals surface area contributed by atoms with Crippen LogP contribution in [0.4, 0.5) is 5.69 Å². The van der Waals surface area contributed by atoms with E-state index in [-0.39, 0.29) is 18.0 Å². The SMILES string of the molecule is COCCOC(=O)c1ccc(NC=C(C#N)C(C)=O)cc1. The summed E-state index contributed by atoms with van der Waals surface area (Å²) in [5, 5.41) is 11.6. The summed E-state index contributed by atoms with van der Waals surface area (Å²) in [4.78, 5) is 22.7. The van der Waals surface area contributed by atoms with Gasteiger partial charge in [0.05, 0.1) is 12.2 Å². The monoisotopic (exact) mass is 288 g/mol. The Morgan fingerprint density at radius 1 is 1.29 bits per heavy atom. The second kappa shape index (κ2) is 8.51. The molecule has 0 saturated heterocycles. The number of hydrogen-bond donors (Lipinski definition) is 1. The average Bonchev–Trinajstić information content (AvgIpc) is 2.48. The highest BCUT2D eigenvalue weighted by atomic mass is 16.6. The minimum absolute atomic E-state index is 0.0260. The molecule has 0 saturated carbocycles. The Balaban J connectivity index is 2.64. The Labute approximate surface area is 123 Å². The van der Waals surface area contributed by atoms with Crippen molar-refractivity contribution in [3.63, 3.8) is 0 Å². The van der Waals surface area contributed by atoms with E-state index < -0.39 is 5.97 Å². The lowest BCUT2D eigenvalue weighted by Gasteiger charge is -2.05. The number of anilines is 1. The first-order valence-electron chi connectivity index (χ1n) is 6.22. The number of hydrogen-bond acceptors (Lipinski definition) is 6. The highest BCUT2D eigenvalue weighted by molar-refractivity contribution is 5.97. The first-order valence-corrected chi connectivity index (χ1v) is 6.22. The van der Waals surface area contributed by atoms with Crippen molar-refractivity contribution in [1.29, 1.82) is 5.26 Å². The third-order valence-electron chi connectivity index (χ3n) is 2.52. The number of methoxy groups -OCH3 is 1.